The molecular weight excluding hydrogens is 326 g/mol. The third kappa shape index (κ3) is 4.36. The zero-order chi connectivity index (χ0) is 18.4. The van der Waals surface area contributed by atoms with Crippen LogP contribution >= 0.6 is 0 Å². The lowest BCUT2D eigenvalue weighted by Crippen LogP contribution is -2.46. The van der Waals surface area contributed by atoms with Gasteiger partial charge in [0.2, 0.25) is 0 Å². The number of hydrogen-bond acceptors (Lipinski definition) is 4. The maximum atomic E-state index is 12.8. The summed E-state index contributed by atoms with van der Waals surface area (Å²) in [4.78, 5) is 15.1. The fourth-order valence-electron chi connectivity index (χ4n) is 3.78. The van der Waals surface area contributed by atoms with Crippen LogP contribution in [0.15, 0.2) is 46.9 Å². The van der Waals surface area contributed by atoms with Crippen molar-refractivity contribution in [3.8, 4) is 0 Å². The maximum absolute atomic E-state index is 12.8. The molecule has 3 rings (SSSR count). The first-order valence-electron chi connectivity index (χ1n) is 9.66. The molecule has 1 saturated heterocycles. The van der Waals surface area contributed by atoms with Crippen LogP contribution in [0.4, 0.5) is 0 Å². The van der Waals surface area contributed by atoms with Crippen molar-refractivity contribution in [2.45, 2.75) is 46.1 Å². The number of carbonyl (C=O) groups excluding carboxylic acids is 1. The second kappa shape index (κ2) is 8.54. The second-order valence-corrected chi connectivity index (χ2v) is 7.16. The number of rotatable bonds is 7. The summed E-state index contributed by atoms with van der Waals surface area (Å²) in [7, 11) is 0. The summed E-state index contributed by atoms with van der Waals surface area (Å²) in [5.74, 6) is 1.99. The number of likely N-dealkylation sites (tertiary alicyclic amines) is 1. The van der Waals surface area contributed by atoms with E-state index in [1.807, 2.05) is 25.1 Å². The van der Waals surface area contributed by atoms with Crippen LogP contribution in [0.5, 0.6) is 0 Å². The maximum Gasteiger partial charge on any atom is 0.312 e. The summed E-state index contributed by atoms with van der Waals surface area (Å²) in [6.07, 6.45) is 3.31. The molecule has 0 bridgehead atoms. The number of aryl methyl sites for hydroxylation is 1. The van der Waals surface area contributed by atoms with Crippen molar-refractivity contribution in [1.29, 1.82) is 0 Å². The van der Waals surface area contributed by atoms with Crippen LogP contribution in [0, 0.1) is 5.41 Å². The van der Waals surface area contributed by atoms with Crippen molar-refractivity contribution in [3.63, 3.8) is 0 Å². The molecule has 0 N–H and O–H groups in total. The Kier molecular flexibility index (Phi) is 6.15. The summed E-state index contributed by atoms with van der Waals surface area (Å²) in [5, 5.41) is 0. The average Bonchev–Trinajstić information content (AvgIpc) is 3.12. The minimum Gasteiger partial charge on any atom is -0.466 e. The molecule has 4 heteroatoms. The highest BCUT2D eigenvalue weighted by atomic mass is 16.5. The molecule has 1 aliphatic rings. The van der Waals surface area contributed by atoms with Crippen molar-refractivity contribution in [2.24, 2.45) is 5.41 Å². The molecule has 0 atom stereocenters. The van der Waals surface area contributed by atoms with Gasteiger partial charge in [0, 0.05) is 6.42 Å². The SMILES string of the molecule is CCOC(=O)C1(Cc2ccccc2)CCN(Cc2ccc(CC)o2)CC1. The number of nitrogens with zero attached hydrogens (tertiary/aromatic N) is 1. The minimum absolute atomic E-state index is 0.0465. The normalized spacial score (nSPS) is 17.2. The summed E-state index contributed by atoms with van der Waals surface area (Å²) in [6, 6.07) is 14.4. The average molecular weight is 355 g/mol. The van der Waals surface area contributed by atoms with Crippen molar-refractivity contribution < 1.29 is 13.9 Å². The van der Waals surface area contributed by atoms with Gasteiger partial charge in [0.15, 0.2) is 0 Å². The number of benzene rings is 1. The van der Waals surface area contributed by atoms with E-state index in [2.05, 4.69) is 36.1 Å². The van der Waals surface area contributed by atoms with Crippen molar-refractivity contribution in [2.75, 3.05) is 19.7 Å². The monoisotopic (exact) mass is 355 g/mol. The smallest absolute Gasteiger partial charge is 0.312 e. The molecule has 0 saturated carbocycles. The third-order valence-electron chi connectivity index (χ3n) is 5.35. The largest absolute Gasteiger partial charge is 0.466 e. The van der Waals surface area contributed by atoms with E-state index in [9.17, 15) is 4.79 Å². The summed E-state index contributed by atoms with van der Waals surface area (Å²) in [6.45, 7) is 6.99. The Labute approximate surface area is 156 Å². The van der Waals surface area contributed by atoms with E-state index >= 15 is 0 Å². The highest BCUT2D eigenvalue weighted by molar-refractivity contribution is 5.77. The first kappa shape index (κ1) is 18.7. The van der Waals surface area contributed by atoms with E-state index in [-0.39, 0.29) is 5.97 Å². The molecule has 0 spiro atoms. The predicted molar refractivity (Wildman–Crippen MR) is 102 cm³/mol. The molecule has 0 aliphatic carbocycles. The van der Waals surface area contributed by atoms with E-state index in [1.54, 1.807) is 0 Å². The molecule has 140 valence electrons. The Bertz CT molecular complexity index is 699. The van der Waals surface area contributed by atoms with Crippen LogP contribution in [-0.4, -0.2) is 30.6 Å². The molecule has 2 heterocycles. The lowest BCUT2D eigenvalue weighted by Gasteiger charge is -2.39. The van der Waals surface area contributed by atoms with Crippen LogP contribution in [0.3, 0.4) is 0 Å². The Hall–Kier alpha value is -2.07. The highest BCUT2D eigenvalue weighted by Crippen LogP contribution is 2.37. The van der Waals surface area contributed by atoms with Crippen LogP contribution in [0.1, 0.15) is 43.8 Å². The lowest BCUT2D eigenvalue weighted by molar-refractivity contribution is -0.158. The zero-order valence-corrected chi connectivity index (χ0v) is 15.9. The molecule has 2 aromatic rings. The van der Waals surface area contributed by atoms with Crippen LogP contribution in [-0.2, 0) is 28.9 Å². The second-order valence-electron chi connectivity index (χ2n) is 7.16. The fraction of sp³-hybridized carbons (Fsp3) is 0.500. The molecule has 1 fully saturated rings. The van der Waals surface area contributed by atoms with Gasteiger partial charge in [0.25, 0.3) is 0 Å². The highest BCUT2D eigenvalue weighted by Gasteiger charge is 2.42. The number of esters is 1. The van der Waals surface area contributed by atoms with Crippen molar-refractivity contribution in [1.82, 2.24) is 4.90 Å². The number of carbonyl (C=O) groups is 1. The molecule has 1 aliphatic heterocycles. The van der Waals surface area contributed by atoms with Gasteiger partial charge in [-0.05, 0) is 57.0 Å². The van der Waals surface area contributed by atoms with E-state index in [4.69, 9.17) is 9.15 Å². The van der Waals surface area contributed by atoms with E-state index in [1.165, 1.54) is 5.56 Å². The van der Waals surface area contributed by atoms with Gasteiger partial charge >= 0.3 is 5.97 Å². The Morgan fingerprint density at radius 1 is 1.08 bits per heavy atom. The number of furan rings is 1. The summed E-state index contributed by atoms with van der Waals surface area (Å²) in [5.41, 5.74) is 0.790. The van der Waals surface area contributed by atoms with Gasteiger partial charge < -0.3 is 9.15 Å². The van der Waals surface area contributed by atoms with Crippen LogP contribution < -0.4 is 0 Å². The number of ether oxygens (including phenoxy) is 1. The molecule has 1 aromatic carbocycles. The standard InChI is InChI=1S/C22H29NO3/c1-3-19-10-11-20(26-19)17-23-14-12-22(13-15-23,21(24)25-4-2)16-18-8-6-5-7-9-18/h5-11H,3-4,12-17H2,1-2H3. The van der Waals surface area contributed by atoms with E-state index in [0.29, 0.717) is 6.61 Å². The van der Waals surface area contributed by atoms with Gasteiger partial charge in [-0.3, -0.25) is 9.69 Å². The van der Waals surface area contributed by atoms with Gasteiger partial charge in [0.1, 0.15) is 11.5 Å². The van der Waals surface area contributed by atoms with Gasteiger partial charge in [0.05, 0.1) is 18.6 Å². The topological polar surface area (TPSA) is 42.7 Å². The first-order valence-corrected chi connectivity index (χ1v) is 9.66. The Morgan fingerprint density at radius 3 is 2.38 bits per heavy atom. The summed E-state index contributed by atoms with van der Waals surface area (Å²) >= 11 is 0. The molecular formula is C22H29NO3. The lowest BCUT2D eigenvalue weighted by atomic mass is 9.73. The number of hydrogen-bond donors (Lipinski definition) is 0. The van der Waals surface area contributed by atoms with Crippen molar-refractivity contribution in [3.05, 3.63) is 59.5 Å². The molecule has 1 aromatic heterocycles. The summed E-state index contributed by atoms with van der Waals surface area (Å²) < 4.78 is 11.3. The van der Waals surface area contributed by atoms with E-state index < -0.39 is 5.41 Å². The fourth-order valence-corrected chi connectivity index (χ4v) is 3.78. The molecule has 4 nitrogen and oxygen atoms in total. The molecule has 0 unspecified atom stereocenters. The van der Waals surface area contributed by atoms with Gasteiger partial charge in [-0.2, -0.15) is 0 Å². The minimum atomic E-state index is -0.411. The predicted octanol–water partition coefficient (Wildman–Crippen LogP) is 4.23. The molecule has 0 radical (unpaired) electrons. The van der Waals surface area contributed by atoms with E-state index in [0.717, 1.165) is 56.8 Å². The Balaban J connectivity index is 1.67. The van der Waals surface area contributed by atoms with Crippen LogP contribution in [0.2, 0.25) is 0 Å². The molecule has 26 heavy (non-hydrogen) atoms. The van der Waals surface area contributed by atoms with Gasteiger partial charge in [-0.25, -0.2) is 0 Å². The van der Waals surface area contributed by atoms with Crippen LogP contribution in [0.25, 0.3) is 0 Å². The van der Waals surface area contributed by atoms with Gasteiger partial charge in [-0.15, -0.1) is 0 Å². The zero-order valence-electron chi connectivity index (χ0n) is 15.9. The first-order chi connectivity index (χ1) is 12.6. The third-order valence-corrected chi connectivity index (χ3v) is 5.35. The number of piperidine rings is 1. The van der Waals surface area contributed by atoms with Gasteiger partial charge in [-0.1, -0.05) is 37.3 Å². The molecule has 0 amide bonds. The Morgan fingerprint density at radius 2 is 1.77 bits per heavy atom. The quantitative estimate of drug-likeness (QED) is 0.697. The van der Waals surface area contributed by atoms with Crippen molar-refractivity contribution >= 4 is 5.97 Å².